The van der Waals surface area contributed by atoms with Crippen LogP contribution in [0, 0.1) is 44.8 Å². The van der Waals surface area contributed by atoms with Gasteiger partial charge < -0.3 is 83.5 Å². The fraction of sp³-hybridized carbons (Fsp3) is 0.960. The number of hydrogen-bond acceptors (Lipinski definition) is 19. The van der Waals surface area contributed by atoms with Crippen LogP contribution in [0.5, 0.6) is 0 Å². The molecular weight excluding hydrogens is 905 g/mol. The lowest BCUT2D eigenvalue weighted by Gasteiger charge is -2.65. The molecule has 69 heavy (non-hydrogen) atoms. The van der Waals surface area contributed by atoms with E-state index in [0.29, 0.717) is 38.5 Å². The summed E-state index contributed by atoms with van der Waals surface area (Å²) in [5, 5.41) is 88.4. The van der Waals surface area contributed by atoms with Crippen molar-refractivity contribution < 1.29 is 93.1 Å². The number of rotatable bonds is 10. The molecule has 5 aliphatic carbocycles. The van der Waals surface area contributed by atoms with E-state index in [0.717, 1.165) is 19.3 Å². The first kappa shape index (κ1) is 52.2. The number of carbonyl (C=O) groups is 2. The van der Waals surface area contributed by atoms with Crippen molar-refractivity contribution in [1.82, 2.24) is 0 Å². The van der Waals surface area contributed by atoms with Gasteiger partial charge in [0.25, 0.3) is 0 Å². The zero-order valence-electron chi connectivity index (χ0n) is 41.9. The molecular formula is C50H80O19. The Morgan fingerprint density at radius 3 is 1.96 bits per heavy atom. The maximum absolute atomic E-state index is 12.7. The van der Waals surface area contributed by atoms with Crippen LogP contribution in [0.25, 0.3) is 0 Å². The van der Waals surface area contributed by atoms with Crippen molar-refractivity contribution in [2.24, 2.45) is 44.8 Å². The number of fused-ring (bicyclic) bond motifs is 2. The summed E-state index contributed by atoms with van der Waals surface area (Å²) < 4.78 is 56.7. The minimum atomic E-state index is -1.74. The van der Waals surface area contributed by atoms with Crippen molar-refractivity contribution in [3.63, 3.8) is 0 Å². The van der Waals surface area contributed by atoms with Crippen LogP contribution in [0.2, 0.25) is 0 Å². The van der Waals surface area contributed by atoms with E-state index in [4.69, 9.17) is 42.6 Å². The normalized spacial score (nSPS) is 54.6. The van der Waals surface area contributed by atoms with Crippen LogP contribution >= 0.6 is 0 Å². The molecule has 4 saturated heterocycles. The van der Waals surface area contributed by atoms with Crippen LogP contribution in [0.15, 0.2) is 0 Å². The third-order valence-corrected chi connectivity index (χ3v) is 19.9. The molecule has 0 aromatic carbocycles. The van der Waals surface area contributed by atoms with Gasteiger partial charge in [-0.3, -0.25) is 9.59 Å². The molecule has 9 aliphatic rings. The van der Waals surface area contributed by atoms with Crippen molar-refractivity contribution >= 4 is 11.9 Å². The molecule has 25 atom stereocenters. The Balaban J connectivity index is 1.05. The van der Waals surface area contributed by atoms with Crippen LogP contribution in [-0.2, 0) is 52.2 Å². The van der Waals surface area contributed by atoms with Gasteiger partial charge in [-0.05, 0) is 124 Å². The molecule has 5 saturated carbocycles. The lowest BCUT2D eigenvalue weighted by Crippen LogP contribution is -2.65. The van der Waals surface area contributed by atoms with Crippen molar-refractivity contribution in [2.45, 2.75) is 243 Å². The molecule has 8 N–H and O–H groups in total. The molecule has 19 heteroatoms. The number of esters is 2. The van der Waals surface area contributed by atoms with Crippen LogP contribution in [-0.4, -0.2) is 182 Å². The van der Waals surface area contributed by atoms with Crippen molar-refractivity contribution in [3.05, 3.63) is 0 Å². The third-order valence-electron chi connectivity index (χ3n) is 19.9. The molecule has 2 spiro atoms. The highest BCUT2D eigenvalue weighted by Gasteiger charge is 2.85. The fourth-order valence-corrected chi connectivity index (χ4v) is 16.6. The lowest BCUT2D eigenvalue weighted by atomic mass is 9.41. The number of aliphatic hydroxyl groups is 8. The highest BCUT2D eigenvalue weighted by atomic mass is 16.8. The van der Waals surface area contributed by atoms with Crippen LogP contribution < -0.4 is 0 Å². The highest BCUT2D eigenvalue weighted by Crippen LogP contribution is 2.89. The Labute approximate surface area is 404 Å². The van der Waals surface area contributed by atoms with Gasteiger partial charge in [0.2, 0.25) is 0 Å². The molecule has 19 nitrogen and oxygen atoms in total. The standard InChI is InChI=1S/C50H80O19/c1-22-32(55)34(57)36(59)42(63-22)68-38-37(65-24(3)52)28(64-23(2)51)20-62-43(38)67-30-12-14-50-21-49(50)16-15-46(8)39(48(10)13-11-31(69-48)45(6,7)60)25(53)18-47(46,9)29(49)17-27(40(50)44(30,4)5)66-41-35(58)33(56)26(54)19-61-41/h22,25-43,53-60H,11-21H2,1-10H3. The first-order chi connectivity index (χ1) is 32.0. The Morgan fingerprint density at radius 2 is 1.30 bits per heavy atom. The molecule has 4 aliphatic heterocycles. The predicted molar refractivity (Wildman–Crippen MR) is 238 cm³/mol. The molecule has 9 rings (SSSR count). The summed E-state index contributed by atoms with van der Waals surface area (Å²) in [4.78, 5) is 25.0. The monoisotopic (exact) mass is 985 g/mol. The van der Waals surface area contributed by atoms with Crippen LogP contribution in [0.1, 0.15) is 127 Å². The highest BCUT2D eigenvalue weighted by molar-refractivity contribution is 5.67. The number of ether oxygens (including phenoxy) is 9. The Kier molecular flexibility index (Phi) is 13.4. The number of hydrogen-bond donors (Lipinski definition) is 8. The minimum Gasteiger partial charge on any atom is -0.456 e. The largest absolute Gasteiger partial charge is 0.456 e. The Morgan fingerprint density at radius 1 is 0.638 bits per heavy atom. The van der Waals surface area contributed by atoms with Gasteiger partial charge in [-0.15, -0.1) is 0 Å². The van der Waals surface area contributed by atoms with E-state index < -0.39 is 127 Å². The molecule has 9 fully saturated rings. The van der Waals surface area contributed by atoms with Crippen molar-refractivity contribution in [2.75, 3.05) is 13.2 Å². The van der Waals surface area contributed by atoms with E-state index in [1.807, 2.05) is 0 Å². The van der Waals surface area contributed by atoms with Gasteiger partial charge in [0.05, 0.1) is 54.9 Å². The summed E-state index contributed by atoms with van der Waals surface area (Å²) in [6.07, 6.45) is -13.9. The van der Waals surface area contributed by atoms with E-state index in [9.17, 15) is 50.4 Å². The first-order valence-electron chi connectivity index (χ1n) is 25.4. The SMILES string of the molecule is CC(=O)OC1COC(OC2CCC34CC35CCC3(C)C(C6(C)CCC(C(C)(C)O)O6)C(O)CC3(C)C5CC(OC3OCC(O)C(O)C3O)C4C2(C)C)C(OC2OC(C)C(O)C(O)C2O)C1OC(C)=O. The number of carbonyl (C=O) groups excluding carboxylic acids is 2. The molecule has 394 valence electrons. The summed E-state index contributed by atoms with van der Waals surface area (Å²) in [7, 11) is 0. The van der Waals surface area contributed by atoms with E-state index in [1.54, 1.807) is 13.8 Å². The average Bonchev–Trinajstić information content (AvgIpc) is 3.62. The van der Waals surface area contributed by atoms with E-state index in [1.165, 1.54) is 20.8 Å². The Hall–Kier alpha value is -1.66. The van der Waals surface area contributed by atoms with Gasteiger partial charge in [0.1, 0.15) is 36.6 Å². The second-order valence-electron chi connectivity index (χ2n) is 24.6. The fourth-order valence-electron chi connectivity index (χ4n) is 16.6. The topological polar surface area (TPSA) is 279 Å². The van der Waals surface area contributed by atoms with Crippen molar-refractivity contribution in [1.29, 1.82) is 0 Å². The molecule has 4 heterocycles. The first-order valence-corrected chi connectivity index (χ1v) is 25.4. The van der Waals surface area contributed by atoms with Gasteiger partial charge in [0.15, 0.2) is 37.2 Å². The summed E-state index contributed by atoms with van der Waals surface area (Å²) in [6, 6.07) is 0. The molecule has 0 radical (unpaired) electrons. The van der Waals surface area contributed by atoms with E-state index in [-0.39, 0.29) is 58.7 Å². The lowest BCUT2D eigenvalue weighted by molar-refractivity contribution is -0.366. The summed E-state index contributed by atoms with van der Waals surface area (Å²) >= 11 is 0. The maximum Gasteiger partial charge on any atom is 0.303 e. The molecule has 0 aromatic heterocycles. The van der Waals surface area contributed by atoms with Gasteiger partial charge in [-0.25, -0.2) is 0 Å². The molecule has 0 bridgehead atoms. The Bertz CT molecular complexity index is 1930. The smallest absolute Gasteiger partial charge is 0.303 e. The van der Waals surface area contributed by atoms with Gasteiger partial charge in [-0.1, -0.05) is 27.7 Å². The maximum atomic E-state index is 12.7. The van der Waals surface area contributed by atoms with Crippen molar-refractivity contribution in [3.8, 4) is 0 Å². The summed E-state index contributed by atoms with van der Waals surface area (Å²) in [5.74, 6) is -1.77. The number of aliphatic hydroxyl groups excluding tert-OH is 7. The summed E-state index contributed by atoms with van der Waals surface area (Å²) in [6.45, 7) is 17.9. The second kappa shape index (κ2) is 17.7. The second-order valence-corrected chi connectivity index (χ2v) is 24.6. The third kappa shape index (κ3) is 8.17. The van der Waals surface area contributed by atoms with E-state index >= 15 is 0 Å². The predicted octanol–water partition coefficient (Wildman–Crippen LogP) is 1.36. The van der Waals surface area contributed by atoms with Gasteiger partial charge >= 0.3 is 11.9 Å². The molecule has 0 aromatic rings. The van der Waals surface area contributed by atoms with Crippen LogP contribution in [0.4, 0.5) is 0 Å². The quantitative estimate of drug-likeness (QED) is 0.113. The van der Waals surface area contributed by atoms with Gasteiger partial charge in [0, 0.05) is 19.8 Å². The minimum absolute atomic E-state index is 0.0598. The van der Waals surface area contributed by atoms with Gasteiger partial charge in [-0.2, -0.15) is 0 Å². The van der Waals surface area contributed by atoms with Crippen LogP contribution in [0.3, 0.4) is 0 Å². The summed E-state index contributed by atoms with van der Waals surface area (Å²) in [5.41, 5.74) is -3.62. The zero-order valence-corrected chi connectivity index (χ0v) is 41.9. The molecule has 0 amide bonds. The molecule has 25 unspecified atom stereocenters. The average molecular weight is 985 g/mol. The zero-order chi connectivity index (χ0) is 50.3. The van der Waals surface area contributed by atoms with E-state index in [2.05, 4.69) is 34.6 Å².